The number of nitrogens with two attached hydrogens (primary N) is 1. The minimum Gasteiger partial charge on any atom is -0.271 e. The molecule has 1 aromatic carbocycles. The lowest BCUT2D eigenvalue weighted by Gasteiger charge is -2.17. The molecule has 1 unspecified atom stereocenters. The van der Waals surface area contributed by atoms with Crippen molar-refractivity contribution in [1.29, 1.82) is 0 Å². The van der Waals surface area contributed by atoms with Crippen molar-refractivity contribution >= 4 is 15.9 Å². The van der Waals surface area contributed by atoms with Crippen LogP contribution in [0.25, 0.3) is 0 Å². The van der Waals surface area contributed by atoms with E-state index in [9.17, 15) is 4.39 Å². The Morgan fingerprint density at radius 3 is 2.81 bits per heavy atom. The second-order valence-electron chi connectivity index (χ2n) is 3.70. The normalized spacial score (nSPS) is 12.5. The van der Waals surface area contributed by atoms with E-state index in [1.807, 2.05) is 13.0 Å². The molecule has 16 heavy (non-hydrogen) atoms. The fourth-order valence-corrected chi connectivity index (χ4v) is 1.68. The first-order chi connectivity index (χ1) is 7.58. The molecule has 1 aromatic rings. The SMILES string of the molecule is C=C(CC)CC(NN)c1ccc(Br)c(F)c1. The minimum absolute atomic E-state index is 0.0879. The fourth-order valence-electron chi connectivity index (χ4n) is 1.44. The molecule has 3 N–H and O–H groups in total. The van der Waals surface area contributed by atoms with Crippen molar-refractivity contribution in [2.45, 2.75) is 25.8 Å². The van der Waals surface area contributed by atoms with E-state index in [1.54, 1.807) is 6.07 Å². The van der Waals surface area contributed by atoms with Crippen molar-refractivity contribution < 1.29 is 4.39 Å². The van der Waals surface area contributed by atoms with E-state index in [-0.39, 0.29) is 11.9 Å². The lowest BCUT2D eigenvalue weighted by atomic mass is 9.99. The van der Waals surface area contributed by atoms with Gasteiger partial charge >= 0.3 is 0 Å². The maximum Gasteiger partial charge on any atom is 0.137 e. The Labute approximate surface area is 104 Å². The molecule has 0 bridgehead atoms. The zero-order valence-electron chi connectivity index (χ0n) is 9.26. The summed E-state index contributed by atoms with van der Waals surface area (Å²) < 4.78 is 13.8. The molecule has 0 aromatic heterocycles. The van der Waals surface area contributed by atoms with Crippen LogP contribution in [0.4, 0.5) is 4.39 Å². The third-order valence-electron chi connectivity index (χ3n) is 2.54. The first-order valence-electron chi connectivity index (χ1n) is 5.16. The van der Waals surface area contributed by atoms with Crippen molar-refractivity contribution in [3.8, 4) is 0 Å². The molecule has 0 fully saturated rings. The lowest BCUT2D eigenvalue weighted by molar-refractivity contribution is 0.537. The highest BCUT2D eigenvalue weighted by atomic mass is 79.9. The number of hydrogen-bond donors (Lipinski definition) is 2. The third-order valence-corrected chi connectivity index (χ3v) is 3.18. The van der Waals surface area contributed by atoms with Gasteiger partial charge in [0.2, 0.25) is 0 Å². The van der Waals surface area contributed by atoms with Crippen LogP contribution in [0.5, 0.6) is 0 Å². The average molecular weight is 287 g/mol. The van der Waals surface area contributed by atoms with Gasteiger partial charge in [-0.05, 0) is 46.5 Å². The summed E-state index contributed by atoms with van der Waals surface area (Å²) in [6.45, 7) is 5.97. The number of halogens is 2. The second-order valence-corrected chi connectivity index (χ2v) is 4.55. The molecule has 88 valence electrons. The average Bonchev–Trinajstić information content (AvgIpc) is 2.29. The summed E-state index contributed by atoms with van der Waals surface area (Å²) >= 11 is 3.12. The highest BCUT2D eigenvalue weighted by Gasteiger charge is 2.12. The summed E-state index contributed by atoms with van der Waals surface area (Å²) in [7, 11) is 0. The number of hydrazine groups is 1. The Balaban J connectivity index is 2.86. The lowest BCUT2D eigenvalue weighted by Crippen LogP contribution is -2.28. The van der Waals surface area contributed by atoms with Crippen molar-refractivity contribution in [3.05, 3.63) is 46.2 Å². The fraction of sp³-hybridized carbons (Fsp3) is 0.333. The smallest absolute Gasteiger partial charge is 0.137 e. The molecule has 0 aliphatic heterocycles. The van der Waals surface area contributed by atoms with Gasteiger partial charge in [-0.1, -0.05) is 25.1 Å². The molecule has 4 heteroatoms. The largest absolute Gasteiger partial charge is 0.271 e. The van der Waals surface area contributed by atoms with E-state index in [0.717, 1.165) is 17.6 Å². The van der Waals surface area contributed by atoms with Gasteiger partial charge < -0.3 is 0 Å². The van der Waals surface area contributed by atoms with Gasteiger partial charge in [-0.25, -0.2) is 4.39 Å². The van der Waals surface area contributed by atoms with Crippen molar-refractivity contribution in [2.75, 3.05) is 0 Å². The van der Waals surface area contributed by atoms with Crippen LogP contribution in [-0.2, 0) is 0 Å². The molecular formula is C12H16BrFN2. The number of rotatable bonds is 5. The van der Waals surface area contributed by atoms with Crippen LogP contribution in [-0.4, -0.2) is 0 Å². The molecule has 0 spiro atoms. The van der Waals surface area contributed by atoms with Gasteiger partial charge in [-0.15, -0.1) is 0 Å². The molecule has 0 aliphatic rings. The molecule has 0 heterocycles. The molecule has 1 rings (SSSR count). The molecule has 2 nitrogen and oxygen atoms in total. The Hall–Kier alpha value is -0.710. The van der Waals surface area contributed by atoms with Crippen LogP contribution >= 0.6 is 15.9 Å². The highest BCUT2D eigenvalue weighted by molar-refractivity contribution is 9.10. The standard InChI is InChI=1S/C12H16BrFN2/c1-3-8(2)6-12(16-15)9-4-5-10(13)11(14)7-9/h4-5,7,12,16H,2-3,6,15H2,1H3. The van der Waals surface area contributed by atoms with Crippen LogP contribution < -0.4 is 11.3 Å². The van der Waals surface area contributed by atoms with Crippen LogP contribution in [0.2, 0.25) is 0 Å². The Bertz CT molecular complexity index is 379. The predicted molar refractivity (Wildman–Crippen MR) is 68.2 cm³/mol. The van der Waals surface area contributed by atoms with Gasteiger partial charge in [-0.2, -0.15) is 0 Å². The predicted octanol–water partition coefficient (Wildman–Crippen LogP) is 3.45. The van der Waals surface area contributed by atoms with E-state index in [2.05, 4.69) is 27.9 Å². The summed E-state index contributed by atoms with van der Waals surface area (Å²) in [6.07, 6.45) is 1.62. The Kier molecular flexibility index (Phi) is 5.12. The first kappa shape index (κ1) is 13.4. The van der Waals surface area contributed by atoms with Gasteiger partial charge in [-0.3, -0.25) is 11.3 Å². The first-order valence-corrected chi connectivity index (χ1v) is 5.95. The maximum absolute atomic E-state index is 13.4. The van der Waals surface area contributed by atoms with Crippen molar-refractivity contribution in [2.24, 2.45) is 5.84 Å². The van der Waals surface area contributed by atoms with E-state index in [4.69, 9.17) is 5.84 Å². The molecule has 0 aliphatic carbocycles. The van der Waals surface area contributed by atoms with Gasteiger partial charge in [0.1, 0.15) is 5.82 Å². The van der Waals surface area contributed by atoms with Crippen molar-refractivity contribution in [3.63, 3.8) is 0 Å². The monoisotopic (exact) mass is 286 g/mol. The molecule has 0 saturated carbocycles. The van der Waals surface area contributed by atoms with Gasteiger partial charge in [0.25, 0.3) is 0 Å². The number of benzene rings is 1. The maximum atomic E-state index is 13.4. The molecule has 0 amide bonds. The van der Waals surface area contributed by atoms with Crippen molar-refractivity contribution in [1.82, 2.24) is 5.43 Å². The third kappa shape index (κ3) is 3.40. The highest BCUT2D eigenvalue weighted by Crippen LogP contribution is 2.24. The summed E-state index contributed by atoms with van der Waals surface area (Å²) in [4.78, 5) is 0. The summed E-state index contributed by atoms with van der Waals surface area (Å²) in [5.41, 5.74) is 4.61. The minimum atomic E-state index is -0.278. The van der Waals surface area contributed by atoms with Gasteiger partial charge in [0.15, 0.2) is 0 Å². The molecular weight excluding hydrogens is 271 g/mol. The van der Waals surface area contributed by atoms with E-state index in [1.165, 1.54) is 6.07 Å². The number of nitrogens with one attached hydrogen (secondary N) is 1. The Morgan fingerprint density at radius 1 is 1.62 bits per heavy atom. The molecule has 0 saturated heterocycles. The Morgan fingerprint density at radius 2 is 2.31 bits per heavy atom. The van der Waals surface area contributed by atoms with Crippen LogP contribution in [0, 0.1) is 5.82 Å². The van der Waals surface area contributed by atoms with E-state index >= 15 is 0 Å². The summed E-state index contributed by atoms with van der Waals surface area (Å²) in [5, 5.41) is 0. The van der Waals surface area contributed by atoms with Gasteiger partial charge in [0, 0.05) is 6.04 Å². The number of hydrogen-bond acceptors (Lipinski definition) is 2. The van der Waals surface area contributed by atoms with E-state index < -0.39 is 0 Å². The summed E-state index contributed by atoms with van der Waals surface area (Å²) in [6, 6.07) is 4.93. The second kappa shape index (κ2) is 6.13. The molecule has 0 radical (unpaired) electrons. The topological polar surface area (TPSA) is 38.0 Å². The zero-order valence-corrected chi connectivity index (χ0v) is 10.8. The van der Waals surface area contributed by atoms with E-state index in [0.29, 0.717) is 10.9 Å². The zero-order chi connectivity index (χ0) is 12.1. The van der Waals surface area contributed by atoms with Gasteiger partial charge in [0.05, 0.1) is 4.47 Å². The molecule has 1 atom stereocenters. The van der Waals surface area contributed by atoms with Crippen LogP contribution in [0.15, 0.2) is 34.8 Å². The van der Waals surface area contributed by atoms with Crippen LogP contribution in [0.3, 0.4) is 0 Å². The quantitative estimate of drug-likeness (QED) is 0.494. The summed E-state index contributed by atoms with van der Waals surface area (Å²) in [5.74, 6) is 5.19. The van der Waals surface area contributed by atoms with Crippen LogP contribution in [0.1, 0.15) is 31.4 Å².